The summed E-state index contributed by atoms with van der Waals surface area (Å²) in [7, 11) is 0. The van der Waals surface area contributed by atoms with Crippen LogP contribution in [0.5, 0.6) is 5.75 Å². The molecule has 0 unspecified atom stereocenters. The lowest BCUT2D eigenvalue weighted by Gasteiger charge is -2.04. The van der Waals surface area contributed by atoms with Gasteiger partial charge in [-0.25, -0.2) is 9.48 Å². The number of nitrogens with two attached hydrogens (primary N) is 2. The monoisotopic (exact) mass is 234 g/mol. The fourth-order valence-electron chi connectivity index (χ4n) is 1.41. The molecule has 0 atom stereocenters. The number of nitrogens with one attached hydrogen (secondary N) is 1. The molecule has 2 aromatic rings. The lowest BCUT2D eigenvalue weighted by molar-refractivity contribution is 0.210. The summed E-state index contributed by atoms with van der Waals surface area (Å²) >= 11 is 0. The molecular formula is C10H10N4O3. The molecule has 7 heteroatoms. The summed E-state index contributed by atoms with van der Waals surface area (Å²) in [5, 5.41) is 2.44. The van der Waals surface area contributed by atoms with Crippen molar-refractivity contribution in [2.24, 2.45) is 5.73 Å². The van der Waals surface area contributed by atoms with E-state index in [0.29, 0.717) is 5.69 Å². The zero-order valence-electron chi connectivity index (χ0n) is 8.71. The Labute approximate surface area is 95.6 Å². The van der Waals surface area contributed by atoms with Gasteiger partial charge < -0.3 is 16.2 Å². The Morgan fingerprint density at radius 1 is 1.29 bits per heavy atom. The van der Waals surface area contributed by atoms with Crippen molar-refractivity contribution in [2.75, 3.05) is 5.73 Å². The number of amides is 1. The molecule has 7 nitrogen and oxygen atoms in total. The van der Waals surface area contributed by atoms with E-state index in [1.54, 1.807) is 24.3 Å². The predicted octanol–water partition coefficient (Wildman–Crippen LogP) is 0.205. The summed E-state index contributed by atoms with van der Waals surface area (Å²) in [6.07, 6.45) is -1.09. The Morgan fingerprint density at radius 2 is 1.94 bits per heavy atom. The highest BCUT2D eigenvalue weighted by Gasteiger charge is 2.16. The lowest BCUT2D eigenvalue weighted by Crippen LogP contribution is -2.20. The fourth-order valence-corrected chi connectivity index (χ4v) is 1.41. The average molecular weight is 234 g/mol. The maximum atomic E-state index is 11.5. The largest absolute Gasteiger partial charge is 0.410 e. The molecule has 2 rings (SSSR count). The van der Waals surface area contributed by atoms with Crippen molar-refractivity contribution in [1.29, 1.82) is 0 Å². The van der Waals surface area contributed by atoms with Crippen LogP contribution in [0.3, 0.4) is 0 Å². The molecule has 1 heterocycles. The number of aromatic nitrogens is 2. The van der Waals surface area contributed by atoms with Gasteiger partial charge in [0.15, 0.2) is 5.82 Å². The predicted molar refractivity (Wildman–Crippen MR) is 61.0 cm³/mol. The van der Waals surface area contributed by atoms with Crippen molar-refractivity contribution in [1.82, 2.24) is 9.78 Å². The van der Waals surface area contributed by atoms with Crippen molar-refractivity contribution >= 4 is 11.9 Å². The van der Waals surface area contributed by atoms with E-state index in [-0.39, 0.29) is 11.6 Å². The van der Waals surface area contributed by atoms with Gasteiger partial charge in [-0.05, 0) is 12.1 Å². The maximum absolute atomic E-state index is 11.5. The van der Waals surface area contributed by atoms with E-state index in [0.717, 1.165) is 0 Å². The van der Waals surface area contributed by atoms with E-state index in [1.165, 1.54) is 4.68 Å². The van der Waals surface area contributed by atoms with Gasteiger partial charge >= 0.3 is 11.7 Å². The number of hydrogen-bond donors (Lipinski definition) is 3. The van der Waals surface area contributed by atoms with Crippen molar-refractivity contribution in [2.45, 2.75) is 0 Å². The van der Waals surface area contributed by atoms with Crippen LogP contribution in [0, 0.1) is 0 Å². The fraction of sp³-hybridized carbons (Fsp3) is 0. The number of carbonyl (C=O) groups is 1. The van der Waals surface area contributed by atoms with Crippen LogP contribution < -0.4 is 21.8 Å². The minimum Gasteiger partial charge on any atom is -0.400 e. The minimum atomic E-state index is -1.09. The van der Waals surface area contributed by atoms with E-state index < -0.39 is 11.7 Å². The third kappa shape index (κ3) is 1.98. The molecule has 5 N–H and O–H groups in total. The molecule has 1 aromatic heterocycles. The van der Waals surface area contributed by atoms with E-state index >= 15 is 0 Å². The molecule has 0 bridgehead atoms. The Balaban J connectivity index is 2.52. The topological polar surface area (TPSA) is 116 Å². The summed E-state index contributed by atoms with van der Waals surface area (Å²) in [6, 6.07) is 8.85. The van der Waals surface area contributed by atoms with Crippen molar-refractivity contribution in [3.05, 3.63) is 40.7 Å². The molecule has 88 valence electrons. The molecule has 0 aliphatic heterocycles. The van der Waals surface area contributed by atoms with Crippen LogP contribution in [0.1, 0.15) is 0 Å². The number of H-pyrrole nitrogens is 1. The third-order valence-electron chi connectivity index (χ3n) is 2.11. The van der Waals surface area contributed by atoms with Gasteiger partial charge in [-0.2, -0.15) is 0 Å². The van der Waals surface area contributed by atoms with Gasteiger partial charge in [0, 0.05) is 0 Å². The number of aromatic amines is 1. The second kappa shape index (κ2) is 4.05. The first-order valence-corrected chi connectivity index (χ1v) is 4.73. The van der Waals surface area contributed by atoms with Crippen molar-refractivity contribution in [3.8, 4) is 11.4 Å². The van der Waals surface area contributed by atoms with E-state index in [9.17, 15) is 9.59 Å². The molecule has 0 saturated carbocycles. The number of carbonyl (C=O) groups excluding carboxylic acids is 1. The quantitative estimate of drug-likeness (QED) is 0.688. The first-order chi connectivity index (χ1) is 8.09. The molecule has 0 aliphatic rings. The van der Waals surface area contributed by atoms with E-state index in [4.69, 9.17) is 11.5 Å². The van der Waals surface area contributed by atoms with Crippen LogP contribution in [0.4, 0.5) is 10.6 Å². The smallest absolute Gasteiger partial charge is 0.400 e. The Bertz CT molecular complexity index is 600. The van der Waals surface area contributed by atoms with Crippen LogP contribution in [-0.4, -0.2) is 15.9 Å². The third-order valence-corrected chi connectivity index (χ3v) is 2.11. The molecule has 0 aliphatic carbocycles. The maximum Gasteiger partial charge on any atom is 0.410 e. The van der Waals surface area contributed by atoms with Gasteiger partial charge in [0.25, 0.3) is 0 Å². The second-order valence-corrected chi connectivity index (χ2v) is 3.25. The number of nitrogen functional groups attached to an aromatic ring is 1. The Kier molecular flexibility index (Phi) is 2.57. The number of anilines is 1. The van der Waals surface area contributed by atoms with Crippen molar-refractivity contribution < 1.29 is 9.53 Å². The Morgan fingerprint density at radius 3 is 2.53 bits per heavy atom. The van der Waals surface area contributed by atoms with Gasteiger partial charge in [-0.1, -0.05) is 18.2 Å². The average Bonchev–Trinajstić information content (AvgIpc) is 2.58. The summed E-state index contributed by atoms with van der Waals surface area (Å²) in [6.45, 7) is 0. The van der Waals surface area contributed by atoms with Gasteiger partial charge in [0.1, 0.15) is 0 Å². The molecular weight excluding hydrogens is 224 g/mol. The summed E-state index contributed by atoms with van der Waals surface area (Å²) in [5.74, 6) is -0.318. The first-order valence-electron chi connectivity index (χ1n) is 4.73. The molecule has 1 aromatic carbocycles. The zero-order valence-corrected chi connectivity index (χ0v) is 8.71. The number of rotatable bonds is 2. The first kappa shape index (κ1) is 10.8. The highest BCUT2D eigenvalue weighted by atomic mass is 16.6. The lowest BCUT2D eigenvalue weighted by atomic mass is 10.3. The van der Waals surface area contributed by atoms with Gasteiger partial charge in [-0.3, -0.25) is 9.89 Å². The molecule has 1 amide bonds. The summed E-state index contributed by atoms with van der Waals surface area (Å²) < 4.78 is 5.83. The van der Waals surface area contributed by atoms with E-state index in [2.05, 4.69) is 9.84 Å². The zero-order chi connectivity index (χ0) is 12.4. The van der Waals surface area contributed by atoms with Crippen LogP contribution in [0.2, 0.25) is 0 Å². The molecule has 0 saturated heterocycles. The molecule has 0 radical (unpaired) electrons. The van der Waals surface area contributed by atoms with Crippen LogP contribution in [0.25, 0.3) is 5.69 Å². The van der Waals surface area contributed by atoms with Gasteiger partial charge in [0.2, 0.25) is 5.75 Å². The van der Waals surface area contributed by atoms with Gasteiger partial charge in [0.05, 0.1) is 5.69 Å². The highest BCUT2D eigenvalue weighted by molar-refractivity contribution is 5.70. The summed E-state index contributed by atoms with van der Waals surface area (Å²) in [4.78, 5) is 22.1. The number of benzene rings is 1. The molecule has 0 spiro atoms. The van der Waals surface area contributed by atoms with Crippen LogP contribution in [0.15, 0.2) is 35.1 Å². The Hall–Kier alpha value is -2.70. The van der Waals surface area contributed by atoms with Crippen LogP contribution in [-0.2, 0) is 0 Å². The number of nitrogens with zero attached hydrogens (tertiary/aromatic N) is 1. The standard InChI is InChI=1S/C10H10N4O3/c11-8-7(17-10(12)16)9(15)13-14(8)6-4-2-1-3-5-6/h1-5H,11H2,(H2,12,16)(H,13,15). The number of primary amides is 1. The highest BCUT2D eigenvalue weighted by Crippen LogP contribution is 2.19. The number of para-hydroxylation sites is 1. The second-order valence-electron chi connectivity index (χ2n) is 3.25. The number of hydrogen-bond acceptors (Lipinski definition) is 4. The molecule has 17 heavy (non-hydrogen) atoms. The minimum absolute atomic E-state index is 0.0139. The number of ether oxygens (including phenoxy) is 1. The SMILES string of the molecule is NC(=O)Oc1c(N)n(-c2ccccc2)[nH]c1=O. The summed E-state index contributed by atoms with van der Waals surface area (Å²) in [5.41, 5.74) is 10.5. The van der Waals surface area contributed by atoms with Crippen LogP contribution >= 0.6 is 0 Å². The molecule has 0 fully saturated rings. The van der Waals surface area contributed by atoms with Gasteiger partial charge in [-0.15, -0.1) is 0 Å². The van der Waals surface area contributed by atoms with E-state index in [1.807, 2.05) is 6.07 Å². The van der Waals surface area contributed by atoms with Crippen molar-refractivity contribution in [3.63, 3.8) is 0 Å². The normalized spacial score (nSPS) is 10.1.